The molecule has 3 atom stereocenters. The SMILES string of the molecule is C=CC[C@@H](C)[C@@H](O)[C@@H](C)C(=O)C(C)(C)C(=CC(=O)O)O[Si](CC)(CC)CC. The molecule has 0 rings (SSSR count). The van der Waals surface area contributed by atoms with E-state index in [0.717, 1.165) is 24.2 Å². The number of ketones is 1. The summed E-state index contributed by atoms with van der Waals surface area (Å²) >= 11 is 0. The summed E-state index contributed by atoms with van der Waals surface area (Å²) in [4.78, 5) is 24.6. The fraction of sp³-hybridized carbons (Fsp3) is 0.714. The van der Waals surface area contributed by atoms with Crippen LogP contribution in [-0.4, -0.2) is 36.4 Å². The lowest BCUT2D eigenvalue weighted by atomic mass is 9.75. The molecular formula is C21H38O5Si. The van der Waals surface area contributed by atoms with Gasteiger partial charge < -0.3 is 14.6 Å². The standard InChI is InChI=1S/C21H38O5Si/c1-9-13-15(5)19(24)16(6)20(25)21(7,8)17(14-18(22)23)26-27(10-2,11-3)12-4/h9,14-16,19,24H,1,10-13H2,2-8H3,(H,22,23)/t15-,16-,19-/m1/s1. The van der Waals surface area contributed by atoms with Crippen molar-refractivity contribution < 1.29 is 24.2 Å². The van der Waals surface area contributed by atoms with Crippen molar-refractivity contribution in [2.75, 3.05) is 0 Å². The number of aliphatic hydroxyl groups is 1. The van der Waals surface area contributed by atoms with Crippen LogP contribution in [-0.2, 0) is 14.0 Å². The molecule has 0 aromatic carbocycles. The molecule has 156 valence electrons. The molecule has 27 heavy (non-hydrogen) atoms. The smallest absolute Gasteiger partial charge is 0.331 e. The third kappa shape index (κ3) is 6.61. The minimum absolute atomic E-state index is 0.111. The molecule has 0 heterocycles. The third-order valence-electron chi connectivity index (χ3n) is 5.79. The number of carboxylic acids is 1. The Kier molecular flexibility index (Phi) is 10.2. The highest BCUT2D eigenvalue weighted by Gasteiger charge is 2.43. The van der Waals surface area contributed by atoms with Gasteiger partial charge in [0.15, 0.2) is 5.78 Å². The van der Waals surface area contributed by atoms with Crippen LogP contribution in [0.4, 0.5) is 0 Å². The minimum Gasteiger partial charge on any atom is -0.545 e. The highest BCUT2D eigenvalue weighted by Crippen LogP contribution is 2.37. The molecule has 0 spiro atoms. The van der Waals surface area contributed by atoms with Crippen LogP contribution < -0.4 is 0 Å². The number of Topliss-reactive ketones (excluding diaryl/α,β-unsaturated/α-hetero) is 1. The van der Waals surface area contributed by atoms with Crippen molar-refractivity contribution in [3.8, 4) is 0 Å². The van der Waals surface area contributed by atoms with Crippen LogP contribution in [0.3, 0.4) is 0 Å². The highest BCUT2D eigenvalue weighted by molar-refractivity contribution is 6.73. The largest absolute Gasteiger partial charge is 0.545 e. The number of hydrogen-bond donors (Lipinski definition) is 2. The van der Waals surface area contributed by atoms with Crippen molar-refractivity contribution in [2.45, 2.75) is 79.1 Å². The Morgan fingerprint density at radius 2 is 1.63 bits per heavy atom. The number of carbonyl (C=O) groups is 2. The zero-order chi connectivity index (χ0) is 21.4. The Bertz CT molecular complexity index is 541. The van der Waals surface area contributed by atoms with Crippen LogP contribution in [0, 0.1) is 17.3 Å². The maximum absolute atomic E-state index is 13.2. The Hall–Kier alpha value is -1.40. The van der Waals surface area contributed by atoms with Gasteiger partial charge in [0.1, 0.15) is 0 Å². The molecule has 0 saturated carbocycles. The number of rotatable bonds is 13. The number of aliphatic carboxylic acids is 1. The Labute approximate surface area is 165 Å². The van der Waals surface area contributed by atoms with E-state index < -0.39 is 31.7 Å². The first-order chi connectivity index (χ1) is 12.4. The van der Waals surface area contributed by atoms with Crippen LogP contribution in [0.15, 0.2) is 24.5 Å². The van der Waals surface area contributed by atoms with Crippen LogP contribution >= 0.6 is 0 Å². The number of aliphatic hydroxyl groups excluding tert-OH is 1. The van der Waals surface area contributed by atoms with Crippen LogP contribution in [0.2, 0.25) is 18.1 Å². The molecule has 0 saturated heterocycles. The average Bonchev–Trinajstić information content (AvgIpc) is 2.63. The number of carboxylic acid groups (broad SMARTS) is 1. The first kappa shape index (κ1) is 25.6. The Morgan fingerprint density at radius 3 is 2.00 bits per heavy atom. The molecule has 0 amide bonds. The summed E-state index contributed by atoms with van der Waals surface area (Å²) in [6, 6.07) is 2.53. The maximum atomic E-state index is 13.2. The zero-order valence-electron chi connectivity index (χ0n) is 18.0. The van der Waals surface area contributed by atoms with Gasteiger partial charge in [-0.15, -0.1) is 6.58 Å². The van der Waals surface area contributed by atoms with Crippen LogP contribution in [0.25, 0.3) is 0 Å². The lowest BCUT2D eigenvalue weighted by Crippen LogP contribution is -2.44. The molecule has 6 heteroatoms. The van der Waals surface area contributed by atoms with E-state index in [2.05, 4.69) is 27.4 Å². The van der Waals surface area contributed by atoms with Crippen molar-refractivity contribution in [3.63, 3.8) is 0 Å². The molecule has 0 fully saturated rings. The lowest BCUT2D eigenvalue weighted by Gasteiger charge is -2.38. The zero-order valence-corrected chi connectivity index (χ0v) is 19.0. The topological polar surface area (TPSA) is 83.8 Å². The van der Waals surface area contributed by atoms with E-state index in [4.69, 9.17) is 4.43 Å². The second-order valence-corrected chi connectivity index (χ2v) is 12.7. The quantitative estimate of drug-likeness (QED) is 0.202. The van der Waals surface area contributed by atoms with Gasteiger partial charge in [-0.3, -0.25) is 4.79 Å². The predicted octanol–water partition coefficient (Wildman–Crippen LogP) is 4.78. The monoisotopic (exact) mass is 398 g/mol. The molecule has 0 aromatic heterocycles. The van der Waals surface area contributed by atoms with Crippen LogP contribution in [0.5, 0.6) is 0 Å². The summed E-state index contributed by atoms with van der Waals surface area (Å²) < 4.78 is 6.32. The lowest BCUT2D eigenvalue weighted by molar-refractivity contribution is -0.134. The molecule has 2 N–H and O–H groups in total. The van der Waals surface area contributed by atoms with Gasteiger partial charge in [-0.25, -0.2) is 4.79 Å². The fourth-order valence-electron chi connectivity index (χ4n) is 3.39. The van der Waals surface area contributed by atoms with Gasteiger partial charge in [0.25, 0.3) is 0 Å². The third-order valence-corrected chi connectivity index (χ3v) is 10.3. The van der Waals surface area contributed by atoms with E-state index >= 15 is 0 Å². The summed E-state index contributed by atoms with van der Waals surface area (Å²) in [6.07, 6.45) is 2.52. The van der Waals surface area contributed by atoms with E-state index in [9.17, 15) is 19.8 Å². The number of allylic oxidation sites excluding steroid dienone is 2. The second kappa shape index (κ2) is 10.8. The van der Waals surface area contributed by atoms with E-state index in [-0.39, 0.29) is 17.5 Å². The van der Waals surface area contributed by atoms with Crippen molar-refractivity contribution in [3.05, 3.63) is 24.5 Å². The minimum atomic E-state index is -2.16. The van der Waals surface area contributed by atoms with Crippen molar-refractivity contribution in [1.82, 2.24) is 0 Å². The summed E-state index contributed by atoms with van der Waals surface area (Å²) in [6.45, 7) is 16.8. The maximum Gasteiger partial charge on any atom is 0.331 e. The first-order valence-electron chi connectivity index (χ1n) is 9.89. The van der Waals surface area contributed by atoms with E-state index in [0.29, 0.717) is 6.42 Å². The summed E-state index contributed by atoms with van der Waals surface area (Å²) in [5.74, 6) is -1.90. The molecule has 0 bridgehead atoms. The Balaban J connectivity index is 5.86. The molecule has 0 aliphatic rings. The summed E-state index contributed by atoms with van der Waals surface area (Å²) in [5.41, 5.74) is -1.13. The van der Waals surface area contributed by atoms with Crippen molar-refractivity contribution >= 4 is 20.1 Å². The van der Waals surface area contributed by atoms with E-state index in [1.54, 1.807) is 26.8 Å². The van der Waals surface area contributed by atoms with Gasteiger partial charge in [0.2, 0.25) is 8.32 Å². The second-order valence-electron chi connectivity index (χ2n) is 7.96. The summed E-state index contributed by atoms with van der Waals surface area (Å²) in [7, 11) is -2.16. The van der Waals surface area contributed by atoms with Gasteiger partial charge in [0.05, 0.1) is 23.4 Å². The van der Waals surface area contributed by atoms with Gasteiger partial charge in [0, 0.05) is 5.92 Å². The molecule has 0 unspecified atom stereocenters. The molecule has 0 aromatic rings. The van der Waals surface area contributed by atoms with E-state index in [1.165, 1.54) is 0 Å². The van der Waals surface area contributed by atoms with Gasteiger partial charge in [-0.2, -0.15) is 0 Å². The average molecular weight is 399 g/mol. The van der Waals surface area contributed by atoms with Crippen LogP contribution in [0.1, 0.15) is 54.9 Å². The van der Waals surface area contributed by atoms with E-state index in [1.807, 2.05) is 6.92 Å². The molecule has 0 aliphatic heterocycles. The van der Waals surface area contributed by atoms with Crippen molar-refractivity contribution in [2.24, 2.45) is 17.3 Å². The van der Waals surface area contributed by atoms with Gasteiger partial charge >= 0.3 is 5.97 Å². The molecule has 0 aliphatic carbocycles. The summed E-state index contributed by atoms with van der Waals surface area (Å²) in [5, 5.41) is 19.9. The number of carbonyl (C=O) groups excluding carboxylic acids is 1. The molecule has 0 radical (unpaired) electrons. The number of hydrogen-bond acceptors (Lipinski definition) is 4. The van der Waals surface area contributed by atoms with Gasteiger partial charge in [-0.05, 0) is 44.3 Å². The highest BCUT2D eigenvalue weighted by atomic mass is 28.4. The first-order valence-corrected chi connectivity index (χ1v) is 12.4. The van der Waals surface area contributed by atoms with Crippen molar-refractivity contribution in [1.29, 1.82) is 0 Å². The fourth-order valence-corrected chi connectivity index (χ4v) is 6.10. The normalized spacial score (nSPS) is 16.4. The predicted molar refractivity (Wildman–Crippen MR) is 112 cm³/mol. The molecular weight excluding hydrogens is 360 g/mol. The molecule has 5 nitrogen and oxygen atoms in total. The van der Waals surface area contributed by atoms with Gasteiger partial charge in [-0.1, -0.05) is 40.7 Å². The Morgan fingerprint density at radius 1 is 1.15 bits per heavy atom.